The van der Waals surface area contributed by atoms with Crippen LogP contribution in [0.2, 0.25) is 0 Å². The van der Waals surface area contributed by atoms with Gasteiger partial charge < -0.3 is 0 Å². The number of rotatable bonds is 3. The molecule has 0 atom stereocenters. The van der Waals surface area contributed by atoms with Crippen LogP contribution in [0.3, 0.4) is 0 Å². The number of carbonyl (C=O) groups excluding carboxylic acids is 1. The van der Waals surface area contributed by atoms with E-state index in [1.807, 2.05) is 0 Å². The van der Waals surface area contributed by atoms with Crippen molar-refractivity contribution in [1.29, 1.82) is 0 Å². The molecule has 0 unspecified atom stereocenters. The van der Waals surface area contributed by atoms with Crippen molar-refractivity contribution in [2.24, 2.45) is 0 Å². The molecule has 0 amide bonds. The highest BCUT2D eigenvalue weighted by atomic mass is 79.9. The van der Waals surface area contributed by atoms with Gasteiger partial charge >= 0.3 is 5.92 Å². The van der Waals surface area contributed by atoms with Gasteiger partial charge in [0.15, 0.2) is 0 Å². The zero-order valence-electron chi connectivity index (χ0n) is 6.81. The number of carbonyl (C=O) groups is 1. The van der Waals surface area contributed by atoms with Crippen LogP contribution in [-0.2, 0) is 11.2 Å². The van der Waals surface area contributed by atoms with Crippen LogP contribution in [0.25, 0.3) is 0 Å². The molecular formula is C8H7BrF2OS. The van der Waals surface area contributed by atoms with Crippen molar-refractivity contribution >= 4 is 33.0 Å². The van der Waals surface area contributed by atoms with Crippen molar-refractivity contribution < 1.29 is 13.6 Å². The average molecular weight is 269 g/mol. The topological polar surface area (TPSA) is 17.1 Å². The van der Waals surface area contributed by atoms with E-state index >= 15 is 0 Å². The Morgan fingerprint density at radius 1 is 1.62 bits per heavy atom. The average Bonchev–Trinajstić information content (AvgIpc) is 2.33. The highest BCUT2D eigenvalue weighted by Crippen LogP contribution is 2.24. The van der Waals surface area contributed by atoms with E-state index in [2.05, 4.69) is 15.9 Å². The van der Waals surface area contributed by atoms with Gasteiger partial charge in [0, 0.05) is 18.2 Å². The van der Waals surface area contributed by atoms with Crippen molar-refractivity contribution in [2.75, 3.05) is 0 Å². The third-order valence-electron chi connectivity index (χ3n) is 1.45. The molecule has 0 bridgehead atoms. The van der Waals surface area contributed by atoms with E-state index in [1.54, 1.807) is 12.1 Å². The lowest BCUT2D eigenvalue weighted by Crippen LogP contribution is -2.25. The van der Waals surface area contributed by atoms with Gasteiger partial charge in [-0.3, -0.25) is 4.79 Å². The highest BCUT2D eigenvalue weighted by Gasteiger charge is 2.31. The SMILES string of the molecule is CC(F)(F)C(=O)Cc1ccc(Br)s1. The summed E-state index contributed by atoms with van der Waals surface area (Å²) in [5.74, 6) is -4.27. The lowest BCUT2D eigenvalue weighted by atomic mass is 10.1. The quantitative estimate of drug-likeness (QED) is 0.823. The lowest BCUT2D eigenvalue weighted by Gasteiger charge is -2.06. The minimum absolute atomic E-state index is 0.195. The van der Waals surface area contributed by atoms with Gasteiger partial charge in [0.25, 0.3) is 0 Å². The van der Waals surface area contributed by atoms with Gasteiger partial charge in [-0.2, -0.15) is 8.78 Å². The molecule has 0 aliphatic carbocycles. The normalized spacial score (nSPS) is 11.7. The first-order valence-electron chi connectivity index (χ1n) is 3.55. The fourth-order valence-electron chi connectivity index (χ4n) is 0.760. The van der Waals surface area contributed by atoms with Gasteiger partial charge in [0.05, 0.1) is 3.79 Å². The maximum atomic E-state index is 12.5. The van der Waals surface area contributed by atoms with Gasteiger partial charge in [0.2, 0.25) is 5.78 Å². The van der Waals surface area contributed by atoms with Crippen LogP contribution in [0.15, 0.2) is 15.9 Å². The molecule has 1 heterocycles. The molecule has 1 nitrogen and oxygen atoms in total. The van der Waals surface area contributed by atoms with Crippen molar-refractivity contribution in [3.8, 4) is 0 Å². The smallest absolute Gasteiger partial charge is 0.293 e. The van der Waals surface area contributed by atoms with Crippen molar-refractivity contribution in [3.05, 3.63) is 20.8 Å². The third-order valence-corrected chi connectivity index (χ3v) is 3.08. The Balaban J connectivity index is 2.65. The number of Topliss-reactive ketones (excluding diaryl/α,β-unsaturated/α-hetero) is 1. The zero-order chi connectivity index (χ0) is 10.1. The summed E-state index contributed by atoms with van der Waals surface area (Å²) in [6, 6.07) is 3.40. The third kappa shape index (κ3) is 3.15. The van der Waals surface area contributed by atoms with E-state index in [0.717, 1.165) is 3.79 Å². The predicted molar refractivity (Wildman–Crippen MR) is 51.4 cm³/mol. The van der Waals surface area contributed by atoms with Crippen LogP contribution in [0.4, 0.5) is 8.78 Å². The molecule has 72 valence electrons. The minimum atomic E-state index is -3.23. The zero-order valence-corrected chi connectivity index (χ0v) is 9.21. The molecule has 0 aromatic carbocycles. The molecule has 5 heteroatoms. The van der Waals surface area contributed by atoms with Gasteiger partial charge in [0.1, 0.15) is 0 Å². The van der Waals surface area contributed by atoms with Crippen LogP contribution < -0.4 is 0 Å². The molecule has 0 aliphatic rings. The van der Waals surface area contributed by atoms with E-state index in [-0.39, 0.29) is 6.42 Å². The van der Waals surface area contributed by atoms with Crippen LogP contribution in [0.5, 0.6) is 0 Å². The first-order chi connectivity index (χ1) is 5.89. The summed E-state index contributed by atoms with van der Waals surface area (Å²) in [4.78, 5) is 11.5. The standard InChI is InChI=1S/C8H7BrF2OS/c1-8(10,11)6(12)4-5-2-3-7(9)13-5/h2-3H,4H2,1H3. The number of halogens is 3. The summed E-state index contributed by atoms with van der Waals surface area (Å²) >= 11 is 4.49. The molecule has 13 heavy (non-hydrogen) atoms. The Morgan fingerprint density at radius 3 is 2.62 bits per heavy atom. The number of hydrogen-bond acceptors (Lipinski definition) is 2. The van der Waals surface area contributed by atoms with Crippen LogP contribution in [0, 0.1) is 0 Å². The van der Waals surface area contributed by atoms with Crippen molar-refractivity contribution in [1.82, 2.24) is 0 Å². The summed E-state index contributed by atoms with van der Waals surface area (Å²) in [6.07, 6.45) is -0.195. The molecule has 0 spiro atoms. The first-order valence-corrected chi connectivity index (χ1v) is 5.16. The maximum absolute atomic E-state index is 12.5. The molecule has 0 saturated carbocycles. The van der Waals surface area contributed by atoms with E-state index in [9.17, 15) is 13.6 Å². The van der Waals surface area contributed by atoms with Crippen molar-refractivity contribution in [3.63, 3.8) is 0 Å². The predicted octanol–water partition coefficient (Wildman–Crippen LogP) is 3.28. The second-order valence-corrected chi connectivity index (χ2v) is 5.24. The minimum Gasteiger partial charge on any atom is -0.293 e. The fourth-order valence-corrected chi connectivity index (χ4v) is 2.24. The summed E-state index contributed by atoms with van der Waals surface area (Å²) < 4.78 is 25.7. The van der Waals surface area contributed by atoms with Gasteiger partial charge in [-0.25, -0.2) is 0 Å². The van der Waals surface area contributed by atoms with Crippen LogP contribution >= 0.6 is 27.3 Å². The van der Waals surface area contributed by atoms with Crippen LogP contribution in [-0.4, -0.2) is 11.7 Å². The monoisotopic (exact) mass is 268 g/mol. The number of ketones is 1. The lowest BCUT2D eigenvalue weighted by molar-refractivity contribution is -0.139. The summed E-state index contributed by atoms with van der Waals surface area (Å²) in [7, 11) is 0. The van der Waals surface area contributed by atoms with Gasteiger partial charge in [-0.1, -0.05) is 0 Å². The Kier molecular flexibility index (Phi) is 3.18. The molecule has 0 radical (unpaired) electrons. The maximum Gasteiger partial charge on any atom is 0.302 e. The van der Waals surface area contributed by atoms with E-state index in [1.165, 1.54) is 11.3 Å². The summed E-state index contributed by atoms with van der Waals surface area (Å²) in [5, 5.41) is 0. The Bertz CT molecular complexity index is 316. The van der Waals surface area contributed by atoms with E-state index < -0.39 is 11.7 Å². The molecule has 0 fully saturated rings. The van der Waals surface area contributed by atoms with E-state index in [0.29, 0.717) is 11.8 Å². The van der Waals surface area contributed by atoms with Gasteiger partial charge in [-0.15, -0.1) is 11.3 Å². The Morgan fingerprint density at radius 2 is 2.23 bits per heavy atom. The molecule has 1 aromatic heterocycles. The highest BCUT2D eigenvalue weighted by molar-refractivity contribution is 9.11. The summed E-state index contributed by atoms with van der Waals surface area (Å²) in [5.41, 5.74) is 0. The van der Waals surface area contributed by atoms with Crippen LogP contribution in [0.1, 0.15) is 11.8 Å². The fraction of sp³-hybridized carbons (Fsp3) is 0.375. The second-order valence-electron chi connectivity index (χ2n) is 2.69. The first kappa shape index (κ1) is 10.8. The Labute approximate surface area is 86.9 Å². The van der Waals surface area contributed by atoms with Gasteiger partial charge in [-0.05, 0) is 28.1 Å². The number of alkyl halides is 2. The molecular weight excluding hydrogens is 262 g/mol. The molecule has 0 aliphatic heterocycles. The second kappa shape index (κ2) is 3.84. The van der Waals surface area contributed by atoms with Crippen molar-refractivity contribution in [2.45, 2.75) is 19.3 Å². The largest absolute Gasteiger partial charge is 0.302 e. The Hall–Kier alpha value is -0.290. The number of hydrogen-bond donors (Lipinski definition) is 0. The van der Waals surface area contributed by atoms with E-state index in [4.69, 9.17) is 0 Å². The molecule has 0 N–H and O–H groups in total. The molecule has 0 saturated heterocycles. The molecule has 1 aromatic rings. The summed E-state index contributed by atoms with van der Waals surface area (Å²) in [6.45, 7) is 0.623. The number of thiophene rings is 1. The molecule has 1 rings (SSSR count).